The highest BCUT2D eigenvalue weighted by molar-refractivity contribution is 5.30. The Kier molecular flexibility index (Phi) is 4.95. The lowest BCUT2D eigenvalue weighted by Gasteiger charge is -2.13. The molecule has 0 radical (unpaired) electrons. The molecule has 2 rings (SSSR count). The highest BCUT2D eigenvalue weighted by atomic mass is 16.5. The minimum absolute atomic E-state index is 0.0229. The molecule has 0 aliphatic heterocycles. The molecule has 0 fully saturated rings. The maximum absolute atomic E-state index is 6.05. The van der Waals surface area contributed by atoms with E-state index in [1.165, 1.54) is 0 Å². The van der Waals surface area contributed by atoms with E-state index in [-0.39, 0.29) is 6.04 Å². The van der Waals surface area contributed by atoms with E-state index in [1.54, 1.807) is 0 Å². The van der Waals surface area contributed by atoms with Gasteiger partial charge in [-0.25, -0.2) is 0 Å². The average Bonchev–Trinajstić information content (AvgIpc) is 2.47. The molecule has 0 saturated carbocycles. The molecule has 3 heteroatoms. The third-order valence-corrected chi connectivity index (χ3v) is 3.01. The Morgan fingerprint density at radius 2 is 1.79 bits per heavy atom. The van der Waals surface area contributed by atoms with E-state index in [0.717, 1.165) is 23.3 Å². The van der Waals surface area contributed by atoms with Gasteiger partial charge in [-0.15, -0.1) is 0 Å². The van der Waals surface area contributed by atoms with Crippen LogP contribution in [0.15, 0.2) is 54.6 Å². The average molecular weight is 256 g/mol. The molecule has 2 aromatic carbocycles. The van der Waals surface area contributed by atoms with Crippen molar-refractivity contribution in [3.8, 4) is 5.75 Å². The van der Waals surface area contributed by atoms with Crippen molar-refractivity contribution in [3.63, 3.8) is 0 Å². The monoisotopic (exact) mass is 256 g/mol. The van der Waals surface area contributed by atoms with E-state index in [0.29, 0.717) is 13.2 Å². The lowest BCUT2D eigenvalue weighted by molar-refractivity contribution is 0.305. The van der Waals surface area contributed by atoms with Crippen LogP contribution in [0.5, 0.6) is 5.75 Å². The molecule has 0 amide bonds. The normalized spacial score (nSPS) is 12.1. The Morgan fingerprint density at radius 3 is 2.53 bits per heavy atom. The second-order valence-electron chi connectivity index (χ2n) is 4.53. The Bertz CT molecular complexity index is 499. The van der Waals surface area contributed by atoms with E-state index in [4.69, 9.17) is 16.2 Å². The molecular weight excluding hydrogens is 236 g/mol. The summed E-state index contributed by atoms with van der Waals surface area (Å²) in [4.78, 5) is 0. The fraction of sp³-hybridized carbons (Fsp3) is 0.250. The number of ether oxygens (including phenoxy) is 1. The lowest BCUT2D eigenvalue weighted by Crippen LogP contribution is -2.15. The molecule has 3 nitrogen and oxygen atoms in total. The minimum atomic E-state index is -0.0229. The highest BCUT2D eigenvalue weighted by Crippen LogP contribution is 2.20. The second-order valence-corrected chi connectivity index (χ2v) is 4.53. The van der Waals surface area contributed by atoms with Crippen molar-refractivity contribution >= 4 is 0 Å². The topological polar surface area (TPSA) is 61.3 Å². The SMILES string of the molecule is NCC[C@H](N)c1cccc(OCc2ccccc2)c1. The molecule has 1 atom stereocenters. The number of hydrogen-bond donors (Lipinski definition) is 2. The zero-order valence-corrected chi connectivity index (χ0v) is 11.0. The van der Waals surface area contributed by atoms with E-state index >= 15 is 0 Å². The largest absolute Gasteiger partial charge is 0.489 e. The summed E-state index contributed by atoms with van der Waals surface area (Å²) in [7, 11) is 0. The highest BCUT2D eigenvalue weighted by Gasteiger charge is 2.06. The predicted octanol–water partition coefficient (Wildman–Crippen LogP) is 2.61. The molecule has 100 valence electrons. The van der Waals surface area contributed by atoms with Crippen LogP contribution in [0.1, 0.15) is 23.6 Å². The molecule has 2 aromatic rings. The minimum Gasteiger partial charge on any atom is -0.489 e. The molecule has 0 bridgehead atoms. The Balaban J connectivity index is 1.99. The van der Waals surface area contributed by atoms with Gasteiger partial charge in [0, 0.05) is 6.04 Å². The van der Waals surface area contributed by atoms with Gasteiger partial charge in [-0.3, -0.25) is 0 Å². The Hall–Kier alpha value is -1.84. The summed E-state index contributed by atoms with van der Waals surface area (Å²) < 4.78 is 5.77. The Labute approximate surface area is 114 Å². The van der Waals surface area contributed by atoms with Crippen molar-refractivity contribution in [2.45, 2.75) is 19.1 Å². The molecule has 0 saturated heterocycles. The zero-order chi connectivity index (χ0) is 13.5. The summed E-state index contributed by atoms with van der Waals surface area (Å²) in [5.41, 5.74) is 13.8. The van der Waals surface area contributed by atoms with Crippen LogP contribution in [-0.2, 0) is 6.61 Å². The second kappa shape index (κ2) is 6.92. The molecule has 0 aliphatic rings. The van der Waals surface area contributed by atoms with Crippen LogP contribution in [0.25, 0.3) is 0 Å². The van der Waals surface area contributed by atoms with Crippen LogP contribution >= 0.6 is 0 Å². The predicted molar refractivity (Wildman–Crippen MR) is 77.8 cm³/mol. The van der Waals surface area contributed by atoms with Gasteiger partial charge in [-0.2, -0.15) is 0 Å². The summed E-state index contributed by atoms with van der Waals surface area (Å²) in [5.74, 6) is 0.842. The van der Waals surface area contributed by atoms with Gasteiger partial charge in [0.15, 0.2) is 0 Å². The first-order valence-corrected chi connectivity index (χ1v) is 6.52. The van der Waals surface area contributed by atoms with Crippen molar-refractivity contribution < 1.29 is 4.74 Å². The van der Waals surface area contributed by atoms with Crippen LogP contribution in [0.4, 0.5) is 0 Å². The first-order chi connectivity index (χ1) is 9.29. The summed E-state index contributed by atoms with van der Waals surface area (Å²) in [6.45, 7) is 1.16. The number of hydrogen-bond acceptors (Lipinski definition) is 3. The van der Waals surface area contributed by atoms with Crippen molar-refractivity contribution in [1.82, 2.24) is 0 Å². The number of rotatable bonds is 6. The zero-order valence-electron chi connectivity index (χ0n) is 11.0. The summed E-state index contributed by atoms with van der Waals surface area (Å²) in [6, 6.07) is 18.0. The third-order valence-electron chi connectivity index (χ3n) is 3.01. The number of benzene rings is 2. The lowest BCUT2D eigenvalue weighted by atomic mass is 10.0. The third kappa shape index (κ3) is 4.09. The molecular formula is C16H20N2O. The number of nitrogens with two attached hydrogens (primary N) is 2. The molecule has 0 spiro atoms. The fourth-order valence-electron chi connectivity index (χ4n) is 1.92. The molecule has 4 N–H and O–H groups in total. The van der Waals surface area contributed by atoms with Gasteiger partial charge in [0.05, 0.1) is 0 Å². The standard InChI is InChI=1S/C16H20N2O/c17-10-9-16(18)14-7-4-8-15(11-14)19-12-13-5-2-1-3-6-13/h1-8,11,16H,9-10,12,17-18H2/t16-/m0/s1. The van der Waals surface area contributed by atoms with Gasteiger partial charge in [-0.05, 0) is 36.2 Å². The fourth-order valence-corrected chi connectivity index (χ4v) is 1.92. The van der Waals surface area contributed by atoms with Crippen LogP contribution in [0.3, 0.4) is 0 Å². The molecule has 0 unspecified atom stereocenters. The van der Waals surface area contributed by atoms with Crippen molar-refractivity contribution in [2.24, 2.45) is 11.5 Å². The van der Waals surface area contributed by atoms with Gasteiger partial charge >= 0.3 is 0 Å². The Morgan fingerprint density at radius 1 is 1.00 bits per heavy atom. The van der Waals surface area contributed by atoms with Gasteiger partial charge in [0.25, 0.3) is 0 Å². The smallest absolute Gasteiger partial charge is 0.120 e. The molecule has 0 aliphatic carbocycles. The van der Waals surface area contributed by atoms with Crippen LogP contribution < -0.4 is 16.2 Å². The van der Waals surface area contributed by atoms with E-state index < -0.39 is 0 Å². The van der Waals surface area contributed by atoms with Crippen LogP contribution in [0, 0.1) is 0 Å². The van der Waals surface area contributed by atoms with E-state index in [9.17, 15) is 0 Å². The maximum Gasteiger partial charge on any atom is 0.120 e. The maximum atomic E-state index is 6.05. The van der Waals surface area contributed by atoms with Crippen molar-refractivity contribution in [1.29, 1.82) is 0 Å². The molecule has 0 aromatic heterocycles. The van der Waals surface area contributed by atoms with Crippen LogP contribution in [-0.4, -0.2) is 6.54 Å². The van der Waals surface area contributed by atoms with Gasteiger partial charge in [0.1, 0.15) is 12.4 Å². The summed E-state index contributed by atoms with van der Waals surface area (Å²) in [5, 5.41) is 0. The van der Waals surface area contributed by atoms with Gasteiger partial charge in [0.2, 0.25) is 0 Å². The summed E-state index contributed by atoms with van der Waals surface area (Å²) >= 11 is 0. The van der Waals surface area contributed by atoms with E-state index in [1.807, 2.05) is 54.6 Å². The molecule has 19 heavy (non-hydrogen) atoms. The quantitative estimate of drug-likeness (QED) is 0.835. The first kappa shape index (κ1) is 13.6. The first-order valence-electron chi connectivity index (χ1n) is 6.52. The van der Waals surface area contributed by atoms with E-state index in [2.05, 4.69) is 0 Å². The van der Waals surface area contributed by atoms with Gasteiger partial charge in [-0.1, -0.05) is 42.5 Å². The van der Waals surface area contributed by atoms with Crippen molar-refractivity contribution in [2.75, 3.05) is 6.54 Å². The van der Waals surface area contributed by atoms with Crippen LogP contribution in [0.2, 0.25) is 0 Å². The van der Waals surface area contributed by atoms with Crippen molar-refractivity contribution in [3.05, 3.63) is 65.7 Å². The van der Waals surface area contributed by atoms with Gasteiger partial charge < -0.3 is 16.2 Å². The summed E-state index contributed by atoms with van der Waals surface area (Å²) in [6.07, 6.45) is 0.780. The molecule has 0 heterocycles.